The molecule has 0 aliphatic rings. The van der Waals surface area contributed by atoms with Gasteiger partial charge in [0.15, 0.2) is 6.73 Å². The standard InChI is InChI=1S/C17H20N2O4/c1-3-22-14-7-9-15(10-8-14)23-12-18-17(20)19-13-5-4-6-16(11-13)21-2/h4-11H,3,12H2,1-2H3,(H2,18,19,20). The molecule has 0 radical (unpaired) electrons. The molecule has 0 heterocycles. The first-order chi connectivity index (χ1) is 11.2. The Balaban J connectivity index is 1.75. The van der Waals surface area contributed by atoms with Crippen LogP contribution in [0.2, 0.25) is 0 Å². The minimum absolute atomic E-state index is 0.0593. The van der Waals surface area contributed by atoms with Crippen LogP contribution in [0.5, 0.6) is 17.2 Å². The van der Waals surface area contributed by atoms with Gasteiger partial charge in [0, 0.05) is 11.8 Å². The lowest BCUT2D eigenvalue weighted by Gasteiger charge is -2.10. The van der Waals surface area contributed by atoms with E-state index in [1.54, 1.807) is 43.5 Å². The Kier molecular flexibility index (Phi) is 6.11. The maximum atomic E-state index is 11.8. The number of benzene rings is 2. The van der Waals surface area contributed by atoms with Gasteiger partial charge in [-0.1, -0.05) is 6.07 Å². The summed E-state index contributed by atoms with van der Waals surface area (Å²) >= 11 is 0. The van der Waals surface area contributed by atoms with Gasteiger partial charge in [0.05, 0.1) is 13.7 Å². The molecule has 0 bridgehead atoms. The van der Waals surface area contributed by atoms with Crippen molar-refractivity contribution in [1.82, 2.24) is 5.32 Å². The molecule has 2 amide bonds. The second kappa shape index (κ2) is 8.53. The lowest BCUT2D eigenvalue weighted by atomic mass is 10.3. The number of carbonyl (C=O) groups is 1. The summed E-state index contributed by atoms with van der Waals surface area (Å²) in [6.45, 7) is 2.60. The lowest BCUT2D eigenvalue weighted by Crippen LogP contribution is -2.31. The number of carbonyl (C=O) groups excluding carboxylic acids is 1. The second-order valence-electron chi connectivity index (χ2n) is 4.56. The molecule has 0 fully saturated rings. The van der Waals surface area contributed by atoms with Gasteiger partial charge in [-0.05, 0) is 43.3 Å². The number of hydrogen-bond donors (Lipinski definition) is 2. The van der Waals surface area contributed by atoms with Crippen molar-refractivity contribution in [3.8, 4) is 17.2 Å². The number of urea groups is 1. The van der Waals surface area contributed by atoms with E-state index < -0.39 is 0 Å². The number of ether oxygens (including phenoxy) is 3. The summed E-state index contributed by atoms with van der Waals surface area (Å²) in [6.07, 6.45) is 0. The van der Waals surface area contributed by atoms with Crippen LogP contribution in [0.4, 0.5) is 10.5 Å². The molecule has 23 heavy (non-hydrogen) atoms. The van der Waals surface area contributed by atoms with Crippen molar-refractivity contribution in [2.45, 2.75) is 6.92 Å². The van der Waals surface area contributed by atoms with E-state index in [4.69, 9.17) is 14.2 Å². The van der Waals surface area contributed by atoms with E-state index in [0.29, 0.717) is 23.8 Å². The lowest BCUT2D eigenvalue weighted by molar-refractivity contribution is 0.234. The van der Waals surface area contributed by atoms with Gasteiger partial charge in [-0.2, -0.15) is 0 Å². The monoisotopic (exact) mass is 316 g/mol. The molecule has 0 unspecified atom stereocenters. The third-order valence-electron chi connectivity index (χ3n) is 2.93. The highest BCUT2D eigenvalue weighted by atomic mass is 16.5. The molecule has 2 rings (SSSR count). The minimum atomic E-state index is -0.357. The van der Waals surface area contributed by atoms with E-state index in [0.717, 1.165) is 5.75 Å². The summed E-state index contributed by atoms with van der Waals surface area (Å²) in [7, 11) is 1.57. The Bertz CT molecular complexity index is 629. The van der Waals surface area contributed by atoms with Crippen LogP contribution in [0, 0.1) is 0 Å². The van der Waals surface area contributed by atoms with Gasteiger partial charge in [0.1, 0.15) is 17.2 Å². The number of amides is 2. The molecule has 0 aromatic heterocycles. The first-order valence-corrected chi connectivity index (χ1v) is 7.26. The van der Waals surface area contributed by atoms with Crippen molar-refractivity contribution >= 4 is 11.7 Å². The Hall–Kier alpha value is -2.89. The zero-order chi connectivity index (χ0) is 16.5. The quantitative estimate of drug-likeness (QED) is 0.769. The molecule has 0 aliphatic heterocycles. The highest BCUT2D eigenvalue weighted by Crippen LogP contribution is 2.18. The fourth-order valence-electron chi connectivity index (χ4n) is 1.86. The summed E-state index contributed by atoms with van der Waals surface area (Å²) in [5.41, 5.74) is 0.642. The minimum Gasteiger partial charge on any atom is -0.497 e. The van der Waals surface area contributed by atoms with Gasteiger partial charge in [0.25, 0.3) is 0 Å². The highest BCUT2D eigenvalue weighted by Gasteiger charge is 2.03. The van der Waals surface area contributed by atoms with Crippen molar-refractivity contribution in [2.24, 2.45) is 0 Å². The number of hydrogen-bond acceptors (Lipinski definition) is 4. The van der Waals surface area contributed by atoms with Crippen LogP contribution in [0.3, 0.4) is 0 Å². The summed E-state index contributed by atoms with van der Waals surface area (Å²) in [4.78, 5) is 11.8. The van der Waals surface area contributed by atoms with Crippen LogP contribution in [0.1, 0.15) is 6.92 Å². The van der Waals surface area contributed by atoms with Crippen molar-refractivity contribution in [2.75, 3.05) is 25.8 Å². The van der Waals surface area contributed by atoms with E-state index in [1.165, 1.54) is 0 Å². The van der Waals surface area contributed by atoms with Crippen LogP contribution < -0.4 is 24.8 Å². The van der Waals surface area contributed by atoms with Gasteiger partial charge in [-0.3, -0.25) is 0 Å². The predicted molar refractivity (Wildman–Crippen MR) is 88.3 cm³/mol. The van der Waals surface area contributed by atoms with Crippen LogP contribution in [0.25, 0.3) is 0 Å². The molecule has 6 nitrogen and oxygen atoms in total. The highest BCUT2D eigenvalue weighted by molar-refractivity contribution is 5.89. The van der Waals surface area contributed by atoms with Crippen LogP contribution in [-0.4, -0.2) is 26.5 Å². The molecule has 2 aromatic rings. The molecule has 2 N–H and O–H groups in total. The molecule has 0 atom stereocenters. The summed E-state index contributed by atoms with van der Waals surface area (Å²) in [5.74, 6) is 2.10. The number of anilines is 1. The average Bonchev–Trinajstić information content (AvgIpc) is 2.57. The molecule has 0 saturated carbocycles. The Morgan fingerprint density at radius 3 is 2.35 bits per heavy atom. The van der Waals surface area contributed by atoms with Gasteiger partial charge >= 0.3 is 6.03 Å². The zero-order valence-corrected chi connectivity index (χ0v) is 13.2. The fraction of sp³-hybridized carbons (Fsp3) is 0.235. The van der Waals surface area contributed by atoms with Gasteiger partial charge in [0.2, 0.25) is 0 Å². The zero-order valence-electron chi connectivity index (χ0n) is 13.2. The Morgan fingerprint density at radius 1 is 1.00 bits per heavy atom. The average molecular weight is 316 g/mol. The first kappa shape index (κ1) is 16.5. The smallest absolute Gasteiger partial charge is 0.321 e. The first-order valence-electron chi connectivity index (χ1n) is 7.26. The molecular formula is C17H20N2O4. The topological polar surface area (TPSA) is 68.8 Å². The van der Waals surface area contributed by atoms with E-state index in [-0.39, 0.29) is 12.8 Å². The SMILES string of the molecule is CCOc1ccc(OCNC(=O)Nc2cccc(OC)c2)cc1. The van der Waals surface area contributed by atoms with E-state index in [2.05, 4.69) is 10.6 Å². The third kappa shape index (κ3) is 5.43. The van der Waals surface area contributed by atoms with E-state index >= 15 is 0 Å². The van der Waals surface area contributed by atoms with Gasteiger partial charge in [-0.25, -0.2) is 4.79 Å². The molecule has 6 heteroatoms. The summed E-state index contributed by atoms with van der Waals surface area (Å²) in [5, 5.41) is 5.31. The largest absolute Gasteiger partial charge is 0.497 e. The van der Waals surface area contributed by atoms with Crippen molar-refractivity contribution < 1.29 is 19.0 Å². The van der Waals surface area contributed by atoms with E-state index in [1.807, 2.05) is 19.1 Å². The molecule has 0 aliphatic carbocycles. The van der Waals surface area contributed by atoms with Crippen molar-refractivity contribution in [3.63, 3.8) is 0 Å². The number of rotatable bonds is 7. The summed E-state index contributed by atoms with van der Waals surface area (Å²) in [6, 6.07) is 13.9. The van der Waals surface area contributed by atoms with Gasteiger partial charge < -0.3 is 24.8 Å². The van der Waals surface area contributed by atoms with Crippen molar-refractivity contribution in [1.29, 1.82) is 0 Å². The predicted octanol–water partition coefficient (Wildman–Crippen LogP) is 3.25. The molecule has 0 spiro atoms. The molecule has 122 valence electrons. The normalized spacial score (nSPS) is 9.83. The maximum Gasteiger partial charge on any atom is 0.321 e. The summed E-state index contributed by atoms with van der Waals surface area (Å²) < 4.78 is 15.9. The van der Waals surface area contributed by atoms with Gasteiger partial charge in [-0.15, -0.1) is 0 Å². The Morgan fingerprint density at radius 2 is 1.70 bits per heavy atom. The molecular weight excluding hydrogens is 296 g/mol. The van der Waals surface area contributed by atoms with Crippen LogP contribution in [-0.2, 0) is 0 Å². The Labute approximate surface area is 135 Å². The second-order valence-corrected chi connectivity index (χ2v) is 4.56. The number of methoxy groups -OCH3 is 1. The number of nitrogens with one attached hydrogen (secondary N) is 2. The van der Waals surface area contributed by atoms with Crippen molar-refractivity contribution in [3.05, 3.63) is 48.5 Å². The van der Waals surface area contributed by atoms with Crippen LogP contribution >= 0.6 is 0 Å². The maximum absolute atomic E-state index is 11.8. The fourth-order valence-corrected chi connectivity index (χ4v) is 1.86. The van der Waals surface area contributed by atoms with E-state index in [9.17, 15) is 4.79 Å². The third-order valence-corrected chi connectivity index (χ3v) is 2.93. The van der Waals surface area contributed by atoms with Crippen LogP contribution in [0.15, 0.2) is 48.5 Å². The molecule has 0 saturated heterocycles. The molecule has 2 aromatic carbocycles.